The fraction of sp³-hybridized carbons (Fsp3) is 0.562. The summed E-state index contributed by atoms with van der Waals surface area (Å²) in [5, 5.41) is 0. The van der Waals surface area contributed by atoms with Crippen molar-refractivity contribution in [3.05, 3.63) is 29.8 Å². The van der Waals surface area contributed by atoms with Crippen molar-refractivity contribution in [1.82, 2.24) is 4.90 Å². The van der Waals surface area contributed by atoms with Crippen LogP contribution in [0.1, 0.15) is 24.8 Å². The van der Waals surface area contributed by atoms with Gasteiger partial charge in [0.15, 0.2) is 0 Å². The third-order valence-corrected chi connectivity index (χ3v) is 4.12. The van der Waals surface area contributed by atoms with Crippen molar-refractivity contribution in [2.45, 2.75) is 43.9 Å². The number of piperidine rings is 1. The first kappa shape index (κ1) is 17.6. The molecule has 1 fully saturated rings. The predicted octanol–water partition coefficient (Wildman–Crippen LogP) is 2.51. The number of amides is 1. The Morgan fingerprint density at radius 2 is 2.04 bits per heavy atom. The van der Waals surface area contributed by atoms with Crippen LogP contribution in [0.3, 0.4) is 0 Å². The Hall–Kier alpha value is -1.76. The number of hydrogen-bond donors (Lipinski definition) is 1. The number of halogens is 3. The summed E-state index contributed by atoms with van der Waals surface area (Å²) in [6.07, 6.45) is -3.94. The molecule has 4 nitrogen and oxygen atoms in total. The van der Waals surface area contributed by atoms with Crippen LogP contribution in [0.2, 0.25) is 0 Å². The van der Waals surface area contributed by atoms with E-state index in [-0.39, 0.29) is 25.8 Å². The Balaban J connectivity index is 2.05. The van der Waals surface area contributed by atoms with E-state index in [9.17, 15) is 18.0 Å². The molecule has 2 rings (SSSR count). The van der Waals surface area contributed by atoms with Crippen LogP contribution in [0.25, 0.3) is 0 Å². The molecule has 7 heteroatoms. The van der Waals surface area contributed by atoms with E-state index in [2.05, 4.69) is 0 Å². The number of para-hydroxylation sites is 1. The van der Waals surface area contributed by atoms with E-state index in [1.807, 2.05) is 0 Å². The van der Waals surface area contributed by atoms with E-state index in [1.54, 1.807) is 24.3 Å². The molecule has 0 radical (unpaired) electrons. The maximum Gasteiger partial charge on any atom is 0.408 e. The number of rotatable bonds is 4. The largest absolute Gasteiger partial charge is 0.496 e. The van der Waals surface area contributed by atoms with Gasteiger partial charge in [0.25, 0.3) is 0 Å². The smallest absolute Gasteiger partial charge is 0.408 e. The molecule has 1 amide bonds. The fourth-order valence-electron chi connectivity index (χ4n) is 2.91. The standard InChI is InChI=1S/C16H21F3N2O2/c1-23-13-5-3-2-4-11(13)6-9-15(22)21-10-12(20)7-8-14(21)16(17,18)19/h2-5,12,14H,6-10,20H2,1H3/t12-,14+/m1/s1. The van der Waals surface area contributed by atoms with E-state index in [0.29, 0.717) is 12.2 Å². The van der Waals surface area contributed by atoms with Crippen molar-refractivity contribution in [1.29, 1.82) is 0 Å². The zero-order chi connectivity index (χ0) is 17.0. The molecule has 1 heterocycles. The molecule has 1 saturated heterocycles. The summed E-state index contributed by atoms with van der Waals surface area (Å²) in [5.74, 6) is 0.108. The van der Waals surface area contributed by atoms with Crippen molar-refractivity contribution in [2.24, 2.45) is 5.73 Å². The zero-order valence-corrected chi connectivity index (χ0v) is 13.0. The molecular formula is C16H21F3N2O2. The predicted molar refractivity (Wildman–Crippen MR) is 80.1 cm³/mol. The van der Waals surface area contributed by atoms with Crippen LogP contribution in [0.5, 0.6) is 5.75 Å². The molecule has 23 heavy (non-hydrogen) atoms. The summed E-state index contributed by atoms with van der Waals surface area (Å²) in [6.45, 7) is -0.0467. The SMILES string of the molecule is COc1ccccc1CCC(=O)N1C[C@H](N)CC[C@H]1C(F)(F)F. The maximum atomic E-state index is 13.1. The quantitative estimate of drug-likeness (QED) is 0.923. The third kappa shape index (κ3) is 4.37. The van der Waals surface area contributed by atoms with Crippen LogP contribution in [-0.4, -0.2) is 42.7 Å². The molecule has 1 aliphatic heterocycles. The van der Waals surface area contributed by atoms with E-state index < -0.39 is 24.2 Å². The number of methoxy groups -OCH3 is 1. The van der Waals surface area contributed by atoms with Gasteiger partial charge >= 0.3 is 6.18 Å². The minimum atomic E-state index is -4.42. The highest BCUT2D eigenvalue weighted by atomic mass is 19.4. The van der Waals surface area contributed by atoms with Crippen LogP contribution >= 0.6 is 0 Å². The van der Waals surface area contributed by atoms with E-state index in [0.717, 1.165) is 10.5 Å². The van der Waals surface area contributed by atoms with Crippen LogP contribution in [0.4, 0.5) is 13.2 Å². The fourth-order valence-corrected chi connectivity index (χ4v) is 2.91. The minimum Gasteiger partial charge on any atom is -0.496 e. The molecule has 128 valence electrons. The van der Waals surface area contributed by atoms with Gasteiger partial charge in [0.05, 0.1) is 7.11 Å². The molecule has 0 spiro atoms. The molecule has 1 aromatic carbocycles. The summed E-state index contributed by atoms with van der Waals surface area (Å²) in [5.41, 5.74) is 6.54. The van der Waals surface area contributed by atoms with E-state index in [4.69, 9.17) is 10.5 Å². The summed E-state index contributed by atoms with van der Waals surface area (Å²) in [4.78, 5) is 13.2. The molecule has 0 bridgehead atoms. The zero-order valence-electron chi connectivity index (χ0n) is 13.0. The highest BCUT2D eigenvalue weighted by molar-refractivity contribution is 5.77. The average molecular weight is 330 g/mol. The van der Waals surface area contributed by atoms with Crippen LogP contribution < -0.4 is 10.5 Å². The second-order valence-electron chi connectivity index (χ2n) is 5.75. The van der Waals surface area contributed by atoms with E-state index in [1.165, 1.54) is 7.11 Å². The molecule has 0 saturated carbocycles. The van der Waals surface area contributed by atoms with Crippen LogP contribution in [0.15, 0.2) is 24.3 Å². The summed E-state index contributed by atoms with van der Waals surface area (Å²) < 4.78 is 44.5. The Bertz CT molecular complexity index is 548. The molecule has 0 aliphatic carbocycles. The van der Waals surface area contributed by atoms with Gasteiger partial charge in [0, 0.05) is 19.0 Å². The number of alkyl halides is 3. The highest BCUT2D eigenvalue weighted by Crippen LogP contribution is 2.32. The van der Waals surface area contributed by atoms with Crippen molar-refractivity contribution in [3.8, 4) is 5.75 Å². The Kier molecular flexibility index (Phi) is 5.51. The van der Waals surface area contributed by atoms with Gasteiger partial charge in [-0.05, 0) is 30.9 Å². The number of hydrogen-bond acceptors (Lipinski definition) is 3. The molecule has 0 aromatic heterocycles. The number of benzene rings is 1. The minimum absolute atomic E-state index is 0.000324. The number of carbonyl (C=O) groups is 1. The van der Waals surface area contributed by atoms with Crippen molar-refractivity contribution in [3.63, 3.8) is 0 Å². The number of carbonyl (C=O) groups excluding carboxylic acids is 1. The lowest BCUT2D eigenvalue weighted by Gasteiger charge is -2.39. The van der Waals surface area contributed by atoms with Gasteiger partial charge in [-0.15, -0.1) is 0 Å². The number of nitrogens with two attached hydrogens (primary N) is 1. The normalized spacial score (nSPS) is 22.0. The first-order valence-electron chi connectivity index (χ1n) is 7.56. The van der Waals surface area contributed by atoms with Gasteiger partial charge in [-0.1, -0.05) is 18.2 Å². The molecule has 2 N–H and O–H groups in total. The number of aryl methyl sites for hydroxylation is 1. The number of nitrogens with zero attached hydrogens (tertiary/aromatic N) is 1. The summed E-state index contributed by atoms with van der Waals surface area (Å²) in [7, 11) is 1.52. The Morgan fingerprint density at radius 1 is 1.35 bits per heavy atom. The van der Waals surface area contributed by atoms with Gasteiger partial charge in [0.2, 0.25) is 5.91 Å². The van der Waals surface area contributed by atoms with Crippen molar-refractivity contribution < 1.29 is 22.7 Å². The van der Waals surface area contributed by atoms with Gasteiger partial charge in [-0.2, -0.15) is 13.2 Å². The van der Waals surface area contributed by atoms with Gasteiger partial charge in [-0.3, -0.25) is 4.79 Å². The summed E-state index contributed by atoms with van der Waals surface area (Å²) in [6, 6.07) is 5.03. The molecule has 2 atom stereocenters. The molecule has 1 aliphatic rings. The first-order valence-corrected chi connectivity index (χ1v) is 7.56. The molecule has 1 aromatic rings. The monoisotopic (exact) mass is 330 g/mol. The first-order chi connectivity index (χ1) is 10.8. The lowest BCUT2D eigenvalue weighted by molar-refractivity contribution is -0.196. The molecular weight excluding hydrogens is 309 g/mol. The maximum absolute atomic E-state index is 13.1. The molecule has 0 unspecified atom stereocenters. The third-order valence-electron chi connectivity index (χ3n) is 4.12. The van der Waals surface area contributed by atoms with Crippen LogP contribution in [-0.2, 0) is 11.2 Å². The van der Waals surface area contributed by atoms with Crippen LogP contribution in [0, 0.1) is 0 Å². The highest BCUT2D eigenvalue weighted by Gasteiger charge is 2.47. The number of ether oxygens (including phenoxy) is 1. The Labute approximate surface area is 133 Å². The second-order valence-corrected chi connectivity index (χ2v) is 5.75. The second kappa shape index (κ2) is 7.21. The van der Waals surface area contributed by atoms with Gasteiger partial charge in [0.1, 0.15) is 11.8 Å². The topological polar surface area (TPSA) is 55.6 Å². The lowest BCUT2D eigenvalue weighted by Crippen LogP contribution is -2.56. The van der Waals surface area contributed by atoms with Crippen molar-refractivity contribution >= 4 is 5.91 Å². The van der Waals surface area contributed by atoms with Gasteiger partial charge in [-0.25, -0.2) is 0 Å². The average Bonchev–Trinajstić information content (AvgIpc) is 2.51. The number of likely N-dealkylation sites (tertiary alicyclic amines) is 1. The Morgan fingerprint density at radius 3 is 2.70 bits per heavy atom. The van der Waals surface area contributed by atoms with Crippen molar-refractivity contribution in [2.75, 3.05) is 13.7 Å². The van der Waals surface area contributed by atoms with E-state index >= 15 is 0 Å². The summed E-state index contributed by atoms with van der Waals surface area (Å²) >= 11 is 0. The lowest BCUT2D eigenvalue weighted by atomic mass is 9.97. The van der Waals surface area contributed by atoms with Gasteiger partial charge < -0.3 is 15.4 Å².